The van der Waals surface area contributed by atoms with E-state index in [-0.39, 0.29) is 11.8 Å². The SMILES string of the molecule is CCC(=O)N1CC[C@H](c2nc(-c3ccc(CSC)cc3)no2)C1. The maximum Gasteiger partial charge on any atom is 0.231 e. The van der Waals surface area contributed by atoms with E-state index in [1.807, 2.05) is 24.0 Å². The van der Waals surface area contributed by atoms with Gasteiger partial charge in [-0.3, -0.25) is 4.79 Å². The number of carbonyl (C=O) groups excluding carboxylic acids is 1. The fourth-order valence-electron chi connectivity index (χ4n) is 2.85. The Balaban J connectivity index is 1.70. The van der Waals surface area contributed by atoms with Crippen molar-refractivity contribution < 1.29 is 9.32 Å². The molecule has 1 aromatic heterocycles. The van der Waals surface area contributed by atoms with E-state index in [9.17, 15) is 4.79 Å². The first-order valence-electron chi connectivity index (χ1n) is 7.91. The summed E-state index contributed by atoms with van der Waals surface area (Å²) in [7, 11) is 0. The van der Waals surface area contributed by atoms with Crippen LogP contribution in [0.3, 0.4) is 0 Å². The molecule has 1 aromatic carbocycles. The zero-order valence-corrected chi connectivity index (χ0v) is 14.3. The van der Waals surface area contributed by atoms with Gasteiger partial charge in [-0.15, -0.1) is 0 Å². The number of hydrogen-bond acceptors (Lipinski definition) is 5. The van der Waals surface area contributed by atoms with Gasteiger partial charge in [-0.2, -0.15) is 16.7 Å². The largest absolute Gasteiger partial charge is 0.342 e. The van der Waals surface area contributed by atoms with Crippen LogP contribution in [0.1, 0.15) is 37.1 Å². The number of nitrogens with zero attached hydrogens (tertiary/aromatic N) is 3. The van der Waals surface area contributed by atoms with E-state index >= 15 is 0 Å². The van der Waals surface area contributed by atoms with E-state index in [4.69, 9.17) is 4.52 Å². The summed E-state index contributed by atoms with van der Waals surface area (Å²) in [5.74, 6) is 2.61. The summed E-state index contributed by atoms with van der Waals surface area (Å²) in [4.78, 5) is 18.2. The van der Waals surface area contributed by atoms with Crippen molar-refractivity contribution in [3.05, 3.63) is 35.7 Å². The minimum atomic E-state index is 0.155. The monoisotopic (exact) mass is 331 g/mol. The molecule has 122 valence electrons. The Morgan fingerprint density at radius 2 is 2.17 bits per heavy atom. The summed E-state index contributed by atoms with van der Waals surface area (Å²) in [6, 6.07) is 8.25. The molecule has 2 heterocycles. The molecule has 1 atom stereocenters. The standard InChI is InChI=1S/C17H21N3O2S/c1-3-15(21)20-9-8-14(10-20)17-18-16(19-22-17)13-6-4-12(5-7-13)11-23-2/h4-7,14H,3,8-11H2,1-2H3/t14-/m0/s1. The minimum Gasteiger partial charge on any atom is -0.342 e. The molecule has 6 heteroatoms. The fraction of sp³-hybridized carbons (Fsp3) is 0.471. The summed E-state index contributed by atoms with van der Waals surface area (Å²) in [5.41, 5.74) is 2.25. The minimum absolute atomic E-state index is 0.155. The van der Waals surface area contributed by atoms with Crippen molar-refractivity contribution in [3.8, 4) is 11.4 Å². The van der Waals surface area contributed by atoms with Crippen molar-refractivity contribution >= 4 is 17.7 Å². The zero-order valence-electron chi connectivity index (χ0n) is 13.5. The van der Waals surface area contributed by atoms with Crippen LogP contribution < -0.4 is 0 Å². The van der Waals surface area contributed by atoms with Crippen LogP contribution >= 0.6 is 11.8 Å². The molecule has 0 bridgehead atoms. The number of rotatable bonds is 5. The molecule has 0 saturated carbocycles. The van der Waals surface area contributed by atoms with Gasteiger partial charge in [-0.05, 0) is 18.2 Å². The van der Waals surface area contributed by atoms with Crippen molar-refractivity contribution in [2.24, 2.45) is 0 Å². The van der Waals surface area contributed by atoms with Gasteiger partial charge in [0.25, 0.3) is 0 Å². The molecule has 0 unspecified atom stereocenters. The van der Waals surface area contributed by atoms with E-state index in [1.165, 1.54) is 5.56 Å². The average Bonchev–Trinajstić information content (AvgIpc) is 3.24. The van der Waals surface area contributed by atoms with E-state index in [1.54, 1.807) is 11.8 Å². The van der Waals surface area contributed by atoms with Crippen molar-refractivity contribution in [1.29, 1.82) is 0 Å². The van der Waals surface area contributed by atoms with Crippen molar-refractivity contribution in [3.63, 3.8) is 0 Å². The second kappa shape index (κ2) is 7.17. The Bertz CT molecular complexity index is 669. The molecule has 1 aliphatic heterocycles. The normalized spacial score (nSPS) is 17.7. The van der Waals surface area contributed by atoms with E-state index in [0.717, 1.165) is 24.3 Å². The summed E-state index contributed by atoms with van der Waals surface area (Å²) >= 11 is 1.80. The van der Waals surface area contributed by atoms with Gasteiger partial charge >= 0.3 is 0 Å². The molecule has 0 N–H and O–H groups in total. The molecule has 23 heavy (non-hydrogen) atoms. The smallest absolute Gasteiger partial charge is 0.231 e. The Hall–Kier alpha value is -1.82. The van der Waals surface area contributed by atoms with Crippen molar-refractivity contribution in [2.45, 2.75) is 31.4 Å². The Morgan fingerprint density at radius 3 is 2.87 bits per heavy atom. The molecule has 1 aliphatic rings. The first-order valence-corrected chi connectivity index (χ1v) is 9.30. The third kappa shape index (κ3) is 3.58. The average molecular weight is 331 g/mol. The van der Waals surface area contributed by atoms with Crippen molar-refractivity contribution in [2.75, 3.05) is 19.3 Å². The van der Waals surface area contributed by atoms with Crippen LogP contribution in [0.5, 0.6) is 0 Å². The fourth-order valence-corrected chi connectivity index (χ4v) is 3.37. The van der Waals surface area contributed by atoms with Crippen LogP contribution in [0.4, 0.5) is 0 Å². The number of aromatic nitrogens is 2. The van der Waals surface area contributed by atoms with E-state index < -0.39 is 0 Å². The maximum atomic E-state index is 11.8. The number of likely N-dealkylation sites (tertiary alicyclic amines) is 1. The number of hydrogen-bond donors (Lipinski definition) is 0. The molecule has 2 aromatic rings. The summed E-state index contributed by atoms with van der Waals surface area (Å²) < 4.78 is 5.44. The van der Waals surface area contributed by atoms with Crippen LogP contribution in [0.15, 0.2) is 28.8 Å². The molecular weight excluding hydrogens is 310 g/mol. The summed E-state index contributed by atoms with van der Waals surface area (Å²) in [5, 5.41) is 4.10. The molecule has 3 rings (SSSR count). The summed E-state index contributed by atoms with van der Waals surface area (Å²) in [6.45, 7) is 3.35. The number of amides is 1. The van der Waals surface area contributed by atoms with Gasteiger partial charge in [0.2, 0.25) is 17.6 Å². The highest BCUT2D eigenvalue weighted by Crippen LogP contribution is 2.28. The number of benzene rings is 1. The Kier molecular flexibility index (Phi) is 5.00. The van der Waals surface area contributed by atoms with Crippen LogP contribution in [-0.2, 0) is 10.5 Å². The molecule has 0 aliphatic carbocycles. The third-order valence-electron chi connectivity index (χ3n) is 4.16. The van der Waals surface area contributed by atoms with E-state index in [0.29, 0.717) is 24.7 Å². The lowest BCUT2D eigenvalue weighted by atomic mass is 10.1. The molecule has 1 fully saturated rings. The molecular formula is C17H21N3O2S. The quantitative estimate of drug-likeness (QED) is 0.841. The highest BCUT2D eigenvalue weighted by Gasteiger charge is 2.30. The second-order valence-electron chi connectivity index (χ2n) is 5.77. The van der Waals surface area contributed by atoms with Gasteiger partial charge in [-0.1, -0.05) is 36.3 Å². The highest BCUT2D eigenvalue weighted by molar-refractivity contribution is 7.97. The van der Waals surface area contributed by atoms with Gasteiger partial charge in [0, 0.05) is 30.8 Å². The molecule has 5 nitrogen and oxygen atoms in total. The lowest BCUT2D eigenvalue weighted by Gasteiger charge is -2.13. The second-order valence-corrected chi connectivity index (χ2v) is 6.63. The Morgan fingerprint density at radius 1 is 1.39 bits per heavy atom. The van der Waals surface area contributed by atoms with Gasteiger partial charge in [0.05, 0.1) is 5.92 Å². The molecule has 0 spiro atoms. The lowest BCUT2D eigenvalue weighted by molar-refractivity contribution is -0.129. The molecule has 0 radical (unpaired) electrons. The van der Waals surface area contributed by atoms with Crippen LogP contribution in [-0.4, -0.2) is 40.3 Å². The lowest BCUT2D eigenvalue weighted by Crippen LogP contribution is -2.27. The van der Waals surface area contributed by atoms with Crippen LogP contribution in [0.25, 0.3) is 11.4 Å². The number of thioether (sulfide) groups is 1. The van der Waals surface area contributed by atoms with Gasteiger partial charge in [0.1, 0.15) is 0 Å². The number of carbonyl (C=O) groups is 1. The maximum absolute atomic E-state index is 11.8. The Labute approximate surface area is 140 Å². The van der Waals surface area contributed by atoms with E-state index in [2.05, 4.69) is 28.5 Å². The highest BCUT2D eigenvalue weighted by atomic mass is 32.2. The van der Waals surface area contributed by atoms with Gasteiger partial charge in [-0.25, -0.2) is 0 Å². The molecule has 1 amide bonds. The zero-order chi connectivity index (χ0) is 16.2. The van der Waals surface area contributed by atoms with Crippen LogP contribution in [0.2, 0.25) is 0 Å². The van der Waals surface area contributed by atoms with Crippen LogP contribution in [0, 0.1) is 0 Å². The van der Waals surface area contributed by atoms with Gasteiger partial charge < -0.3 is 9.42 Å². The van der Waals surface area contributed by atoms with Gasteiger partial charge in [0.15, 0.2) is 0 Å². The third-order valence-corrected chi connectivity index (χ3v) is 4.78. The predicted molar refractivity (Wildman–Crippen MR) is 91.2 cm³/mol. The van der Waals surface area contributed by atoms with Crippen molar-refractivity contribution in [1.82, 2.24) is 15.0 Å². The first-order chi connectivity index (χ1) is 11.2. The predicted octanol–water partition coefficient (Wildman–Crippen LogP) is 3.33. The molecule has 1 saturated heterocycles. The topological polar surface area (TPSA) is 59.2 Å². The summed E-state index contributed by atoms with van der Waals surface area (Å²) in [6.07, 6.45) is 3.53. The first kappa shape index (κ1) is 16.1.